The van der Waals surface area contributed by atoms with Crippen LogP contribution < -0.4 is 0 Å². The molecule has 0 aromatic rings. The second-order valence-corrected chi connectivity index (χ2v) is 2.65. The van der Waals surface area contributed by atoms with Gasteiger partial charge >= 0.3 is 0 Å². The van der Waals surface area contributed by atoms with Gasteiger partial charge in [0, 0.05) is 13.1 Å². The van der Waals surface area contributed by atoms with Crippen LogP contribution in [0.2, 0.25) is 0 Å². The van der Waals surface area contributed by atoms with Crippen LogP contribution >= 0.6 is 0 Å². The second-order valence-electron chi connectivity index (χ2n) is 2.65. The van der Waals surface area contributed by atoms with Gasteiger partial charge in [0.2, 0.25) is 0 Å². The van der Waals surface area contributed by atoms with E-state index in [-0.39, 0.29) is 0 Å². The van der Waals surface area contributed by atoms with Gasteiger partial charge in [0.1, 0.15) is 0 Å². The number of hydroxylamine groups is 4. The van der Waals surface area contributed by atoms with E-state index in [2.05, 4.69) is 0 Å². The fourth-order valence-electron chi connectivity index (χ4n) is 1.10. The summed E-state index contributed by atoms with van der Waals surface area (Å²) in [6.07, 6.45) is 0. The van der Waals surface area contributed by atoms with Crippen molar-refractivity contribution in [2.24, 2.45) is 0 Å². The third-order valence-corrected chi connectivity index (χ3v) is 1.76. The summed E-state index contributed by atoms with van der Waals surface area (Å²) in [4.78, 5) is 19.1. The molecule has 2 fully saturated rings. The van der Waals surface area contributed by atoms with Gasteiger partial charge in [-0.1, -0.05) is 0 Å². The molecule has 6 nitrogen and oxygen atoms in total. The smallest absolute Gasteiger partial charge is 0.0993 e. The molecule has 2 aliphatic rings. The van der Waals surface area contributed by atoms with Gasteiger partial charge in [-0.05, 0) is 0 Å². The fraction of sp³-hybridized carbons (Fsp3) is 1.00. The Morgan fingerprint density at radius 2 is 1.33 bits per heavy atom. The molecule has 0 amide bonds. The second kappa shape index (κ2) is 4.13. The Kier molecular flexibility index (Phi) is 2.88. The molecular weight excluding hydrogens is 164 g/mol. The first kappa shape index (κ1) is 8.36. The van der Waals surface area contributed by atoms with Crippen LogP contribution in [0.5, 0.6) is 0 Å². The highest BCUT2D eigenvalue weighted by atomic mass is 17.3. The first-order valence-electron chi connectivity index (χ1n) is 4.04. The number of rotatable bonds is 3. The van der Waals surface area contributed by atoms with Gasteiger partial charge in [0.25, 0.3) is 0 Å². The molecule has 2 rings (SSSR count). The molecule has 12 heavy (non-hydrogen) atoms. The standard InChI is InChI=1S/C6H12N2O4/c1(7-3-5-9-11-7)2-8-4-6-10-12-8/h1-6H2. The molecule has 0 unspecified atom stereocenters. The minimum atomic E-state index is 0.636. The highest BCUT2D eigenvalue weighted by Gasteiger charge is 2.18. The van der Waals surface area contributed by atoms with E-state index in [1.807, 2.05) is 0 Å². The maximum atomic E-state index is 4.82. The van der Waals surface area contributed by atoms with Crippen LogP contribution in [0.3, 0.4) is 0 Å². The highest BCUT2D eigenvalue weighted by Crippen LogP contribution is 2.04. The quantitative estimate of drug-likeness (QED) is 0.532. The molecule has 0 radical (unpaired) electrons. The van der Waals surface area contributed by atoms with Gasteiger partial charge in [-0.15, -0.1) is 9.98 Å². The van der Waals surface area contributed by atoms with Crippen LogP contribution in [-0.4, -0.2) is 49.5 Å². The van der Waals surface area contributed by atoms with Gasteiger partial charge in [0.15, 0.2) is 0 Å². The van der Waals surface area contributed by atoms with Crippen molar-refractivity contribution in [3.63, 3.8) is 0 Å². The van der Waals surface area contributed by atoms with E-state index in [0.717, 1.165) is 26.2 Å². The fourth-order valence-corrected chi connectivity index (χ4v) is 1.10. The number of nitrogens with zero attached hydrogens (tertiary/aromatic N) is 2. The predicted octanol–water partition coefficient (Wildman–Crippen LogP) is -0.656. The van der Waals surface area contributed by atoms with Crippen molar-refractivity contribution in [2.75, 3.05) is 39.4 Å². The summed E-state index contributed by atoms with van der Waals surface area (Å²) in [7, 11) is 0. The largest absolute Gasteiger partial charge is 0.216 e. The van der Waals surface area contributed by atoms with E-state index in [1.165, 1.54) is 0 Å². The van der Waals surface area contributed by atoms with Crippen molar-refractivity contribution in [1.82, 2.24) is 10.1 Å². The Labute approximate surface area is 70.3 Å². The van der Waals surface area contributed by atoms with E-state index in [1.54, 1.807) is 10.1 Å². The number of hydrogen-bond acceptors (Lipinski definition) is 6. The average Bonchev–Trinajstić information content (AvgIpc) is 2.74. The Morgan fingerprint density at radius 3 is 1.67 bits per heavy atom. The zero-order chi connectivity index (χ0) is 8.23. The highest BCUT2D eigenvalue weighted by molar-refractivity contribution is 4.53. The molecular formula is C6H12N2O4. The molecule has 70 valence electrons. The molecule has 0 aliphatic carbocycles. The first-order chi connectivity index (χ1) is 5.95. The van der Waals surface area contributed by atoms with Crippen LogP contribution in [0.1, 0.15) is 0 Å². The minimum Gasteiger partial charge on any atom is -0.216 e. The third-order valence-electron chi connectivity index (χ3n) is 1.76. The molecule has 0 atom stereocenters. The Morgan fingerprint density at radius 1 is 0.833 bits per heavy atom. The van der Waals surface area contributed by atoms with Crippen LogP contribution in [0.4, 0.5) is 0 Å². The van der Waals surface area contributed by atoms with Crippen LogP contribution in [0.25, 0.3) is 0 Å². The van der Waals surface area contributed by atoms with E-state index in [4.69, 9.17) is 19.8 Å². The molecule has 2 aliphatic heterocycles. The monoisotopic (exact) mass is 176 g/mol. The molecule has 2 heterocycles. The van der Waals surface area contributed by atoms with Gasteiger partial charge < -0.3 is 0 Å². The topological polar surface area (TPSA) is 43.4 Å². The average molecular weight is 176 g/mol. The van der Waals surface area contributed by atoms with Crippen LogP contribution in [0, 0.1) is 0 Å². The lowest BCUT2D eigenvalue weighted by Gasteiger charge is -2.14. The lowest BCUT2D eigenvalue weighted by Crippen LogP contribution is -2.31. The van der Waals surface area contributed by atoms with E-state index < -0.39 is 0 Å². The summed E-state index contributed by atoms with van der Waals surface area (Å²) in [5.41, 5.74) is 0. The summed E-state index contributed by atoms with van der Waals surface area (Å²) >= 11 is 0. The molecule has 0 aromatic heterocycles. The van der Waals surface area contributed by atoms with Crippen molar-refractivity contribution < 1.29 is 19.8 Å². The Balaban J connectivity index is 1.60. The normalized spacial score (nSPS) is 27.0. The maximum Gasteiger partial charge on any atom is 0.0993 e. The molecule has 0 bridgehead atoms. The van der Waals surface area contributed by atoms with Gasteiger partial charge in [-0.2, -0.15) is 10.1 Å². The molecule has 2 saturated heterocycles. The molecule has 0 N–H and O–H groups in total. The lowest BCUT2D eigenvalue weighted by atomic mass is 10.5. The van der Waals surface area contributed by atoms with Crippen LogP contribution in [0.15, 0.2) is 0 Å². The van der Waals surface area contributed by atoms with E-state index >= 15 is 0 Å². The van der Waals surface area contributed by atoms with Crippen molar-refractivity contribution >= 4 is 0 Å². The van der Waals surface area contributed by atoms with E-state index in [0.29, 0.717) is 13.2 Å². The summed E-state index contributed by atoms with van der Waals surface area (Å²) < 4.78 is 0. The van der Waals surface area contributed by atoms with Crippen molar-refractivity contribution in [1.29, 1.82) is 0 Å². The minimum absolute atomic E-state index is 0.636. The Bertz CT molecular complexity index is 118. The summed E-state index contributed by atoms with van der Waals surface area (Å²) in [5.74, 6) is 0. The van der Waals surface area contributed by atoms with E-state index in [9.17, 15) is 0 Å². The van der Waals surface area contributed by atoms with Crippen molar-refractivity contribution in [3.8, 4) is 0 Å². The van der Waals surface area contributed by atoms with Crippen molar-refractivity contribution in [2.45, 2.75) is 0 Å². The molecule has 6 heteroatoms. The predicted molar refractivity (Wildman–Crippen MR) is 37.2 cm³/mol. The van der Waals surface area contributed by atoms with Gasteiger partial charge in [-0.3, -0.25) is 0 Å². The van der Waals surface area contributed by atoms with Crippen LogP contribution in [-0.2, 0) is 19.8 Å². The maximum absolute atomic E-state index is 4.82. The zero-order valence-corrected chi connectivity index (χ0v) is 6.77. The first-order valence-corrected chi connectivity index (χ1v) is 4.04. The number of hydrogen-bond donors (Lipinski definition) is 0. The Hall–Kier alpha value is -0.240. The summed E-state index contributed by atoms with van der Waals surface area (Å²) in [6, 6.07) is 0. The molecule has 0 aromatic carbocycles. The summed E-state index contributed by atoms with van der Waals surface area (Å²) in [6.45, 7) is 4.44. The molecule has 0 saturated carbocycles. The zero-order valence-electron chi connectivity index (χ0n) is 6.77. The van der Waals surface area contributed by atoms with Gasteiger partial charge in [0.05, 0.1) is 26.3 Å². The lowest BCUT2D eigenvalue weighted by molar-refractivity contribution is -0.388. The summed E-state index contributed by atoms with van der Waals surface area (Å²) in [5, 5.41) is 3.50. The SMILES string of the molecule is C1CN(CCN2CCOO2)OO1. The van der Waals surface area contributed by atoms with Crippen molar-refractivity contribution in [3.05, 3.63) is 0 Å². The third kappa shape index (κ3) is 2.13. The van der Waals surface area contributed by atoms with Gasteiger partial charge in [-0.25, -0.2) is 9.78 Å². The molecule has 0 spiro atoms.